The van der Waals surface area contributed by atoms with Crippen molar-refractivity contribution < 1.29 is 9.53 Å². The highest BCUT2D eigenvalue weighted by atomic mass is 32.1. The number of thiazole rings is 1. The van der Waals surface area contributed by atoms with E-state index >= 15 is 0 Å². The number of carbonyl (C=O) groups is 1. The van der Waals surface area contributed by atoms with Crippen LogP contribution in [0.4, 0.5) is 0 Å². The molecule has 4 heteroatoms. The third-order valence-electron chi connectivity index (χ3n) is 5.66. The lowest BCUT2D eigenvalue weighted by Crippen LogP contribution is -2.48. The Labute approximate surface area is 123 Å². The van der Waals surface area contributed by atoms with Gasteiger partial charge < -0.3 is 4.74 Å². The number of aromatic nitrogens is 1. The summed E-state index contributed by atoms with van der Waals surface area (Å²) in [6, 6.07) is 0. The van der Waals surface area contributed by atoms with Gasteiger partial charge in [-0.3, -0.25) is 0 Å². The third kappa shape index (κ3) is 1.77. The Morgan fingerprint density at radius 3 is 2.25 bits per heavy atom. The molecule has 1 heterocycles. The van der Waals surface area contributed by atoms with Crippen molar-refractivity contribution in [1.29, 1.82) is 0 Å². The smallest absolute Gasteiger partial charge is 0.349 e. The summed E-state index contributed by atoms with van der Waals surface area (Å²) in [6.07, 6.45) is 8.21. The maximum atomic E-state index is 11.8. The normalized spacial score (nSPS) is 38.2. The summed E-state index contributed by atoms with van der Waals surface area (Å²) in [5, 5.41) is 1.22. The van der Waals surface area contributed by atoms with Crippen LogP contribution in [0.25, 0.3) is 0 Å². The summed E-state index contributed by atoms with van der Waals surface area (Å²) in [4.78, 5) is 17.3. The highest BCUT2D eigenvalue weighted by Crippen LogP contribution is 2.61. The molecule has 3 nitrogen and oxygen atoms in total. The van der Waals surface area contributed by atoms with Crippen LogP contribution in [0.3, 0.4) is 0 Å². The number of ether oxygens (including phenoxy) is 1. The number of aryl methyl sites for hydroxylation is 1. The van der Waals surface area contributed by atoms with Crippen LogP contribution in [0.5, 0.6) is 0 Å². The highest BCUT2D eigenvalue weighted by molar-refractivity contribution is 7.13. The molecule has 4 fully saturated rings. The molecule has 0 radical (unpaired) electrons. The molecule has 4 aliphatic carbocycles. The number of carbonyl (C=O) groups excluding carboxylic acids is 1. The van der Waals surface area contributed by atoms with Crippen LogP contribution >= 0.6 is 11.3 Å². The van der Waals surface area contributed by atoms with Gasteiger partial charge in [-0.15, -0.1) is 11.3 Å². The van der Waals surface area contributed by atoms with Crippen molar-refractivity contribution >= 4 is 17.3 Å². The van der Waals surface area contributed by atoms with Crippen molar-refractivity contribution in [1.82, 2.24) is 4.98 Å². The molecule has 4 bridgehead atoms. The molecule has 0 aliphatic heterocycles. The van der Waals surface area contributed by atoms with Crippen LogP contribution in [-0.4, -0.2) is 18.1 Å². The van der Waals surface area contributed by atoms with Crippen LogP contribution in [0.2, 0.25) is 0 Å². The minimum absolute atomic E-state index is 0.226. The average Bonchev–Trinajstić information content (AvgIpc) is 2.79. The maximum Gasteiger partial charge on any atom is 0.349 e. The molecule has 0 spiro atoms. The van der Waals surface area contributed by atoms with Gasteiger partial charge in [0.2, 0.25) is 0 Å². The van der Waals surface area contributed by atoms with Crippen LogP contribution in [0.15, 0.2) is 0 Å². The van der Waals surface area contributed by atoms with Crippen molar-refractivity contribution in [2.45, 2.75) is 50.9 Å². The van der Waals surface area contributed by atoms with E-state index in [1.54, 1.807) is 11.3 Å². The molecular formula is C16H21NO2S. The van der Waals surface area contributed by atoms with E-state index in [-0.39, 0.29) is 11.4 Å². The predicted octanol–water partition coefficient (Wildman–Crippen LogP) is 3.71. The van der Waals surface area contributed by atoms with Gasteiger partial charge in [-0.05, 0) is 63.2 Å². The lowest BCUT2D eigenvalue weighted by molar-refractivity contribution is -0.00531. The van der Waals surface area contributed by atoms with Gasteiger partial charge >= 0.3 is 5.97 Å². The van der Waals surface area contributed by atoms with Crippen LogP contribution < -0.4 is 0 Å². The van der Waals surface area contributed by atoms with Crippen molar-refractivity contribution in [3.05, 3.63) is 15.6 Å². The second kappa shape index (κ2) is 4.30. The van der Waals surface area contributed by atoms with Crippen LogP contribution in [0, 0.1) is 24.7 Å². The van der Waals surface area contributed by atoms with Gasteiger partial charge in [-0.25, -0.2) is 9.78 Å². The second-order valence-electron chi connectivity index (χ2n) is 7.12. The largest absolute Gasteiger partial charge is 0.465 e. The van der Waals surface area contributed by atoms with E-state index in [0.717, 1.165) is 23.4 Å². The number of esters is 1. The fraction of sp³-hybridized carbons (Fsp3) is 0.750. The van der Waals surface area contributed by atoms with E-state index in [2.05, 4.69) is 0 Å². The summed E-state index contributed by atoms with van der Waals surface area (Å²) in [5.41, 5.74) is 1.14. The second-order valence-corrected chi connectivity index (χ2v) is 8.12. The topological polar surface area (TPSA) is 39.2 Å². The number of nitrogens with zero attached hydrogens (tertiary/aromatic N) is 1. The molecule has 20 heavy (non-hydrogen) atoms. The SMILES string of the molecule is COC(=O)c1sc(C23CC4CC(CC(C4)C2)C3)nc1C. The number of hydrogen-bond acceptors (Lipinski definition) is 4. The summed E-state index contributed by atoms with van der Waals surface area (Å²) < 4.78 is 4.88. The van der Waals surface area contributed by atoms with Crippen LogP contribution in [-0.2, 0) is 10.2 Å². The zero-order valence-corrected chi connectivity index (χ0v) is 13.0. The minimum atomic E-state index is -0.226. The predicted molar refractivity (Wildman–Crippen MR) is 78.0 cm³/mol. The molecule has 0 aromatic carbocycles. The standard InChI is InChI=1S/C16H21NO2S/c1-9-13(14(18)19-2)20-15(17-9)16-6-10-3-11(7-16)5-12(4-10)8-16/h10-12H,3-8H2,1-2H3. The van der Waals surface area contributed by atoms with E-state index in [9.17, 15) is 4.79 Å². The molecule has 0 amide bonds. The molecule has 0 atom stereocenters. The average molecular weight is 291 g/mol. The molecule has 1 aromatic heterocycles. The summed E-state index contributed by atoms with van der Waals surface area (Å²) in [7, 11) is 1.45. The first-order chi connectivity index (χ1) is 9.59. The summed E-state index contributed by atoms with van der Waals surface area (Å²) in [6.45, 7) is 1.94. The summed E-state index contributed by atoms with van der Waals surface area (Å²) in [5.74, 6) is 2.50. The monoisotopic (exact) mass is 291 g/mol. The van der Waals surface area contributed by atoms with Gasteiger partial charge in [0.25, 0.3) is 0 Å². The first-order valence-electron chi connectivity index (χ1n) is 7.66. The van der Waals surface area contributed by atoms with E-state index < -0.39 is 0 Å². The first kappa shape index (κ1) is 12.8. The van der Waals surface area contributed by atoms with Gasteiger partial charge in [-0.1, -0.05) is 0 Å². The first-order valence-corrected chi connectivity index (χ1v) is 8.47. The van der Waals surface area contributed by atoms with Crippen LogP contribution in [0.1, 0.15) is 58.9 Å². The lowest BCUT2D eigenvalue weighted by atomic mass is 9.50. The Balaban J connectivity index is 1.72. The fourth-order valence-corrected chi connectivity index (χ4v) is 6.48. The molecule has 0 N–H and O–H groups in total. The highest BCUT2D eigenvalue weighted by Gasteiger charge is 2.53. The van der Waals surface area contributed by atoms with Crippen molar-refractivity contribution in [3.63, 3.8) is 0 Å². The van der Waals surface area contributed by atoms with E-state index in [1.165, 1.54) is 50.6 Å². The number of methoxy groups -OCH3 is 1. The molecule has 0 saturated heterocycles. The molecule has 0 unspecified atom stereocenters. The lowest BCUT2D eigenvalue weighted by Gasteiger charge is -2.56. The van der Waals surface area contributed by atoms with Gasteiger partial charge in [0.15, 0.2) is 0 Å². The Morgan fingerprint density at radius 2 is 1.75 bits per heavy atom. The fourth-order valence-electron chi connectivity index (χ4n) is 5.28. The zero-order chi connectivity index (χ0) is 13.9. The third-order valence-corrected chi connectivity index (χ3v) is 7.04. The van der Waals surface area contributed by atoms with Gasteiger partial charge in [0.05, 0.1) is 17.8 Å². The Bertz CT molecular complexity index is 528. The molecule has 108 valence electrons. The summed E-state index contributed by atoms with van der Waals surface area (Å²) >= 11 is 1.59. The maximum absolute atomic E-state index is 11.8. The Hall–Kier alpha value is -0.900. The zero-order valence-electron chi connectivity index (χ0n) is 12.1. The number of hydrogen-bond donors (Lipinski definition) is 0. The molecule has 4 saturated carbocycles. The van der Waals surface area contributed by atoms with Gasteiger partial charge in [-0.2, -0.15) is 0 Å². The molecule has 1 aromatic rings. The minimum Gasteiger partial charge on any atom is -0.465 e. The Kier molecular flexibility index (Phi) is 2.75. The Morgan fingerprint density at radius 1 is 1.20 bits per heavy atom. The van der Waals surface area contributed by atoms with Gasteiger partial charge in [0, 0.05) is 5.41 Å². The van der Waals surface area contributed by atoms with E-state index in [1.807, 2.05) is 6.92 Å². The van der Waals surface area contributed by atoms with Crippen molar-refractivity contribution in [3.8, 4) is 0 Å². The van der Waals surface area contributed by atoms with E-state index in [0.29, 0.717) is 4.88 Å². The quantitative estimate of drug-likeness (QED) is 0.780. The molecule has 4 aliphatic rings. The molecule has 5 rings (SSSR count). The van der Waals surface area contributed by atoms with Gasteiger partial charge in [0.1, 0.15) is 4.88 Å². The van der Waals surface area contributed by atoms with E-state index in [4.69, 9.17) is 9.72 Å². The number of rotatable bonds is 2. The molecular weight excluding hydrogens is 270 g/mol. The van der Waals surface area contributed by atoms with Crippen molar-refractivity contribution in [2.24, 2.45) is 17.8 Å². The van der Waals surface area contributed by atoms with Crippen molar-refractivity contribution in [2.75, 3.05) is 7.11 Å².